The van der Waals surface area contributed by atoms with Crippen molar-refractivity contribution in [3.05, 3.63) is 0 Å². The number of carbonyl (C=O) groups is 2. The summed E-state index contributed by atoms with van der Waals surface area (Å²) in [5, 5.41) is 12.3. The number of nitrogens with zero attached hydrogens (tertiary/aromatic N) is 1. The second-order valence-corrected chi connectivity index (χ2v) is 6.73. The highest BCUT2D eigenvalue weighted by Crippen LogP contribution is 2.35. The number of likely N-dealkylation sites (tertiary alicyclic amines) is 1. The first-order chi connectivity index (χ1) is 8.70. The van der Waals surface area contributed by atoms with Crippen LogP contribution in [0, 0.1) is 10.8 Å². The van der Waals surface area contributed by atoms with Gasteiger partial charge in [0, 0.05) is 19.6 Å². The fraction of sp³-hybridized carbons (Fsp3) is 0.857. The lowest BCUT2D eigenvalue weighted by Crippen LogP contribution is -2.44. The average molecular weight is 270 g/mol. The Hall–Kier alpha value is -1.26. The van der Waals surface area contributed by atoms with Gasteiger partial charge in [-0.05, 0) is 18.3 Å². The van der Waals surface area contributed by atoms with E-state index in [1.165, 1.54) is 0 Å². The molecular formula is C14H26N2O3. The Morgan fingerprint density at radius 2 is 2.00 bits per heavy atom. The first-order valence-corrected chi connectivity index (χ1v) is 6.96. The lowest BCUT2D eigenvalue weighted by atomic mass is 9.83. The van der Waals surface area contributed by atoms with Crippen LogP contribution in [-0.4, -0.2) is 41.6 Å². The first-order valence-electron chi connectivity index (χ1n) is 6.96. The Morgan fingerprint density at radius 1 is 1.37 bits per heavy atom. The topological polar surface area (TPSA) is 69.6 Å². The van der Waals surface area contributed by atoms with Crippen LogP contribution in [0.5, 0.6) is 0 Å². The Bertz CT molecular complexity index is 349. The third kappa shape index (κ3) is 4.11. The molecule has 1 rings (SSSR count). The molecule has 0 bridgehead atoms. The molecule has 5 heteroatoms. The van der Waals surface area contributed by atoms with Gasteiger partial charge in [-0.1, -0.05) is 34.1 Å². The Labute approximate surface area is 115 Å². The van der Waals surface area contributed by atoms with Crippen molar-refractivity contribution in [3.63, 3.8) is 0 Å². The standard InChI is InChI=1S/C14H26N2O3/c1-5-6-14(11(17)18)7-8-16(10-14)12(19)15-9-13(2,3)4/h5-10H2,1-4H3,(H,15,19)(H,17,18). The van der Waals surface area contributed by atoms with Gasteiger partial charge in [0.2, 0.25) is 0 Å². The number of amides is 2. The second kappa shape index (κ2) is 5.80. The molecule has 1 heterocycles. The monoisotopic (exact) mass is 270 g/mol. The van der Waals surface area contributed by atoms with Crippen LogP contribution in [-0.2, 0) is 4.79 Å². The van der Waals surface area contributed by atoms with Crippen molar-refractivity contribution in [2.75, 3.05) is 19.6 Å². The van der Waals surface area contributed by atoms with Gasteiger partial charge in [0.05, 0.1) is 5.41 Å². The molecule has 0 spiro atoms. The van der Waals surface area contributed by atoms with E-state index in [0.717, 1.165) is 6.42 Å². The van der Waals surface area contributed by atoms with E-state index in [2.05, 4.69) is 26.1 Å². The van der Waals surface area contributed by atoms with Gasteiger partial charge in [0.1, 0.15) is 0 Å². The summed E-state index contributed by atoms with van der Waals surface area (Å²) in [5.74, 6) is -0.777. The molecule has 0 radical (unpaired) electrons. The van der Waals surface area contributed by atoms with Crippen molar-refractivity contribution in [1.29, 1.82) is 0 Å². The molecule has 0 aromatic heterocycles. The molecule has 0 aromatic carbocycles. The van der Waals surface area contributed by atoms with Crippen molar-refractivity contribution in [2.45, 2.75) is 47.0 Å². The van der Waals surface area contributed by atoms with Crippen molar-refractivity contribution in [1.82, 2.24) is 10.2 Å². The molecule has 1 atom stereocenters. The highest BCUT2D eigenvalue weighted by molar-refractivity contribution is 5.79. The predicted octanol–water partition coefficient (Wildman–Crippen LogP) is 2.32. The molecule has 19 heavy (non-hydrogen) atoms. The number of carbonyl (C=O) groups excluding carboxylic acids is 1. The van der Waals surface area contributed by atoms with Crippen molar-refractivity contribution in [3.8, 4) is 0 Å². The fourth-order valence-corrected chi connectivity index (χ4v) is 2.46. The van der Waals surface area contributed by atoms with Crippen LogP contribution in [0.1, 0.15) is 47.0 Å². The van der Waals surface area contributed by atoms with Gasteiger partial charge in [-0.15, -0.1) is 0 Å². The van der Waals surface area contributed by atoms with Gasteiger partial charge < -0.3 is 15.3 Å². The average Bonchev–Trinajstić information content (AvgIpc) is 2.71. The van der Waals surface area contributed by atoms with Crippen LogP contribution in [0.25, 0.3) is 0 Å². The van der Waals surface area contributed by atoms with Crippen LogP contribution in [0.3, 0.4) is 0 Å². The zero-order chi connectivity index (χ0) is 14.7. The van der Waals surface area contributed by atoms with E-state index < -0.39 is 11.4 Å². The van der Waals surface area contributed by atoms with Gasteiger partial charge in [0.25, 0.3) is 0 Å². The maximum Gasteiger partial charge on any atom is 0.317 e. The molecule has 1 unspecified atom stereocenters. The highest BCUT2D eigenvalue weighted by Gasteiger charge is 2.45. The van der Waals surface area contributed by atoms with Gasteiger partial charge in [0.15, 0.2) is 0 Å². The highest BCUT2D eigenvalue weighted by atomic mass is 16.4. The van der Waals surface area contributed by atoms with E-state index in [1.807, 2.05) is 6.92 Å². The second-order valence-electron chi connectivity index (χ2n) is 6.73. The molecule has 1 fully saturated rings. The molecule has 0 aliphatic carbocycles. The summed E-state index contributed by atoms with van der Waals surface area (Å²) in [5.41, 5.74) is -0.712. The maximum absolute atomic E-state index is 12.0. The number of hydrogen-bond acceptors (Lipinski definition) is 2. The number of nitrogens with one attached hydrogen (secondary N) is 1. The van der Waals surface area contributed by atoms with Gasteiger partial charge in [-0.25, -0.2) is 4.79 Å². The zero-order valence-electron chi connectivity index (χ0n) is 12.5. The lowest BCUT2D eigenvalue weighted by molar-refractivity contribution is -0.148. The molecule has 1 aliphatic rings. The van der Waals surface area contributed by atoms with Crippen LogP contribution >= 0.6 is 0 Å². The summed E-state index contributed by atoms with van der Waals surface area (Å²) < 4.78 is 0. The summed E-state index contributed by atoms with van der Waals surface area (Å²) >= 11 is 0. The molecule has 0 aromatic rings. The van der Waals surface area contributed by atoms with Crippen molar-refractivity contribution >= 4 is 12.0 Å². The normalized spacial score (nSPS) is 23.5. The minimum absolute atomic E-state index is 0.0304. The molecule has 1 saturated heterocycles. The Morgan fingerprint density at radius 3 is 2.47 bits per heavy atom. The number of aliphatic carboxylic acids is 1. The van der Waals surface area contributed by atoms with E-state index >= 15 is 0 Å². The SMILES string of the molecule is CCCC1(C(=O)O)CCN(C(=O)NCC(C)(C)C)C1. The molecule has 0 saturated carbocycles. The lowest BCUT2D eigenvalue weighted by Gasteiger charge is -2.25. The molecule has 5 nitrogen and oxygen atoms in total. The third-order valence-electron chi connectivity index (χ3n) is 3.59. The summed E-state index contributed by atoms with van der Waals surface area (Å²) in [6, 6.07) is -0.144. The summed E-state index contributed by atoms with van der Waals surface area (Å²) in [4.78, 5) is 25.1. The molecule has 1 aliphatic heterocycles. The number of carboxylic acids is 1. The van der Waals surface area contributed by atoms with E-state index in [0.29, 0.717) is 32.5 Å². The smallest absolute Gasteiger partial charge is 0.317 e. The van der Waals surface area contributed by atoms with Crippen molar-refractivity contribution < 1.29 is 14.7 Å². The Kier molecular flexibility index (Phi) is 4.82. The summed E-state index contributed by atoms with van der Waals surface area (Å²) in [6.45, 7) is 9.58. The molecule has 2 N–H and O–H groups in total. The molecule has 110 valence electrons. The predicted molar refractivity (Wildman–Crippen MR) is 74.0 cm³/mol. The van der Waals surface area contributed by atoms with Gasteiger partial charge >= 0.3 is 12.0 Å². The first kappa shape index (κ1) is 15.8. The molecule has 2 amide bonds. The number of hydrogen-bond donors (Lipinski definition) is 2. The quantitative estimate of drug-likeness (QED) is 0.823. The Balaban J connectivity index is 2.59. The van der Waals surface area contributed by atoms with Crippen LogP contribution in [0.4, 0.5) is 4.79 Å². The fourth-order valence-electron chi connectivity index (χ4n) is 2.46. The van der Waals surface area contributed by atoms with E-state index in [-0.39, 0.29) is 11.4 Å². The number of carboxylic acid groups (broad SMARTS) is 1. The maximum atomic E-state index is 12.0. The van der Waals surface area contributed by atoms with Crippen LogP contribution in [0.2, 0.25) is 0 Å². The van der Waals surface area contributed by atoms with Gasteiger partial charge in [-0.2, -0.15) is 0 Å². The molecular weight excluding hydrogens is 244 g/mol. The minimum Gasteiger partial charge on any atom is -0.481 e. The minimum atomic E-state index is -0.777. The summed E-state index contributed by atoms with van der Waals surface area (Å²) in [6.07, 6.45) is 2.01. The zero-order valence-corrected chi connectivity index (χ0v) is 12.5. The van der Waals surface area contributed by atoms with E-state index in [1.54, 1.807) is 4.90 Å². The number of urea groups is 1. The van der Waals surface area contributed by atoms with E-state index in [9.17, 15) is 14.7 Å². The largest absolute Gasteiger partial charge is 0.481 e. The van der Waals surface area contributed by atoms with Gasteiger partial charge in [-0.3, -0.25) is 4.79 Å². The van der Waals surface area contributed by atoms with Crippen LogP contribution < -0.4 is 5.32 Å². The van der Waals surface area contributed by atoms with Crippen molar-refractivity contribution in [2.24, 2.45) is 10.8 Å². The van der Waals surface area contributed by atoms with E-state index in [4.69, 9.17) is 0 Å². The number of rotatable bonds is 4. The summed E-state index contributed by atoms with van der Waals surface area (Å²) in [7, 11) is 0. The third-order valence-corrected chi connectivity index (χ3v) is 3.59. The van der Waals surface area contributed by atoms with Crippen LogP contribution in [0.15, 0.2) is 0 Å².